The Morgan fingerprint density at radius 3 is 2.46 bits per heavy atom. The molecule has 1 aromatic rings. The van der Waals surface area contributed by atoms with Crippen LogP contribution in [-0.2, 0) is 13.9 Å². The predicted octanol–water partition coefficient (Wildman–Crippen LogP) is 4.38. The van der Waals surface area contributed by atoms with Crippen LogP contribution in [0.3, 0.4) is 0 Å². The lowest BCUT2D eigenvalue weighted by Crippen LogP contribution is -2.52. The van der Waals surface area contributed by atoms with Crippen molar-refractivity contribution in [2.45, 2.75) is 65.0 Å². The summed E-state index contributed by atoms with van der Waals surface area (Å²) >= 11 is 0. The summed E-state index contributed by atoms with van der Waals surface area (Å²) in [5, 5.41) is 0. The molecule has 1 fully saturated rings. The van der Waals surface area contributed by atoms with Crippen LogP contribution in [0.25, 0.3) is 0 Å². The van der Waals surface area contributed by atoms with Crippen molar-refractivity contribution >= 4 is 15.0 Å². The van der Waals surface area contributed by atoms with E-state index in [1.165, 1.54) is 7.11 Å². The lowest BCUT2D eigenvalue weighted by molar-refractivity contribution is -0.0600. The van der Waals surface area contributed by atoms with Crippen molar-refractivity contribution in [3.63, 3.8) is 0 Å². The molecule has 5 heteroatoms. The number of carbonyl (C=O) groups is 1. The van der Waals surface area contributed by atoms with E-state index in [-0.39, 0.29) is 29.2 Å². The number of rotatable bonds is 6. The Morgan fingerprint density at radius 2 is 1.96 bits per heavy atom. The standard InChI is InChI=1S/C19H29O4Si/c1-8-19(18(2,3)4,23-24(6)7)16-15(22-16)13-10-9-11-14(12-13)17(20)21-5/h9-12,15-16H,8H2,1-7H3. The normalized spacial score (nSPS) is 23.0. The number of benzene rings is 1. The molecule has 3 atom stereocenters. The van der Waals surface area contributed by atoms with Crippen molar-refractivity contribution in [2.24, 2.45) is 5.41 Å². The predicted molar refractivity (Wildman–Crippen MR) is 96.4 cm³/mol. The van der Waals surface area contributed by atoms with E-state index in [2.05, 4.69) is 40.8 Å². The van der Waals surface area contributed by atoms with E-state index in [1.807, 2.05) is 18.2 Å². The van der Waals surface area contributed by atoms with Gasteiger partial charge in [0.2, 0.25) is 9.04 Å². The van der Waals surface area contributed by atoms with Crippen LogP contribution in [0.1, 0.15) is 56.1 Å². The summed E-state index contributed by atoms with van der Waals surface area (Å²) in [5.74, 6) is -0.324. The maximum absolute atomic E-state index is 11.8. The molecule has 0 bridgehead atoms. The fourth-order valence-electron chi connectivity index (χ4n) is 3.49. The SMILES string of the molecule is CCC(O[Si](C)C)(C1OC1c1cccc(C(=O)OC)c1)C(C)(C)C. The molecule has 1 radical (unpaired) electrons. The number of esters is 1. The average molecular weight is 350 g/mol. The van der Waals surface area contributed by atoms with E-state index in [1.54, 1.807) is 6.07 Å². The van der Waals surface area contributed by atoms with Crippen molar-refractivity contribution in [1.29, 1.82) is 0 Å². The fourth-order valence-corrected chi connectivity index (χ4v) is 4.78. The number of methoxy groups -OCH3 is 1. The molecule has 0 N–H and O–H groups in total. The summed E-state index contributed by atoms with van der Waals surface area (Å²) in [4.78, 5) is 11.8. The molecule has 133 valence electrons. The van der Waals surface area contributed by atoms with Crippen LogP contribution in [0.4, 0.5) is 0 Å². The van der Waals surface area contributed by atoms with E-state index in [9.17, 15) is 4.79 Å². The van der Waals surface area contributed by atoms with Gasteiger partial charge in [0, 0.05) is 0 Å². The molecule has 1 heterocycles. The minimum Gasteiger partial charge on any atom is -0.465 e. The van der Waals surface area contributed by atoms with Crippen molar-refractivity contribution < 1.29 is 18.7 Å². The second kappa shape index (κ2) is 6.98. The topological polar surface area (TPSA) is 48.1 Å². The fraction of sp³-hybridized carbons (Fsp3) is 0.632. The summed E-state index contributed by atoms with van der Waals surface area (Å²) < 4.78 is 17.4. The van der Waals surface area contributed by atoms with Gasteiger partial charge in [-0.3, -0.25) is 0 Å². The average Bonchev–Trinajstić information content (AvgIpc) is 3.31. The van der Waals surface area contributed by atoms with E-state index >= 15 is 0 Å². The molecule has 0 amide bonds. The summed E-state index contributed by atoms with van der Waals surface area (Å²) in [6.07, 6.45) is 0.870. The van der Waals surface area contributed by atoms with Gasteiger partial charge in [0.1, 0.15) is 12.2 Å². The molecule has 24 heavy (non-hydrogen) atoms. The molecule has 1 aliphatic rings. The first-order valence-electron chi connectivity index (χ1n) is 8.49. The molecule has 3 unspecified atom stereocenters. The number of epoxide rings is 1. The van der Waals surface area contributed by atoms with Gasteiger partial charge < -0.3 is 13.9 Å². The Labute approximate surface area is 147 Å². The summed E-state index contributed by atoms with van der Waals surface area (Å²) in [7, 11) is 0.522. The molecule has 1 saturated heterocycles. The van der Waals surface area contributed by atoms with Gasteiger partial charge in [-0.15, -0.1) is 0 Å². The zero-order valence-electron chi connectivity index (χ0n) is 15.8. The van der Waals surface area contributed by atoms with Crippen molar-refractivity contribution in [1.82, 2.24) is 0 Å². The number of hydrogen-bond acceptors (Lipinski definition) is 4. The lowest BCUT2D eigenvalue weighted by Gasteiger charge is -2.45. The van der Waals surface area contributed by atoms with Crippen LogP contribution in [0.5, 0.6) is 0 Å². The van der Waals surface area contributed by atoms with Crippen LogP contribution in [-0.4, -0.2) is 33.8 Å². The highest BCUT2D eigenvalue weighted by molar-refractivity contribution is 6.48. The molecule has 0 spiro atoms. The Kier molecular flexibility index (Phi) is 5.57. The molecule has 1 aromatic carbocycles. The molecule has 2 rings (SSSR count). The van der Waals surface area contributed by atoms with Gasteiger partial charge in [0.15, 0.2) is 0 Å². The van der Waals surface area contributed by atoms with E-state index in [4.69, 9.17) is 13.9 Å². The Balaban J connectivity index is 2.30. The van der Waals surface area contributed by atoms with Gasteiger partial charge >= 0.3 is 5.97 Å². The van der Waals surface area contributed by atoms with Crippen LogP contribution in [0.2, 0.25) is 13.1 Å². The van der Waals surface area contributed by atoms with Gasteiger partial charge in [-0.25, -0.2) is 4.79 Å². The molecular formula is C19H29O4Si. The lowest BCUT2D eigenvalue weighted by atomic mass is 9.71. The smallest absolute Gasteiger partial charge is 0.337 e. The van der Waals surface area contributed by atoms with E-state index in [0.717, 1.165) is 12.0 Å². The maximum atomic E-state index is 11.8. The minimum absolute atomic E-state index is 0.00953. The van der Waals surface area contributed by atoms with Crippen molar-refractivity contribution in [3.8, 4) is 0 Å². The highest BCUT2D eigenvalue weighted by atomic mass is 28.3. The first-order chi connectivity index (χ1) is 11.2. The number of hydrogen-bond donors (Lipinski definition) is 0. The quantitative estimate of drug-likeness (QED) is 0.434. The molecular weight excluding hydrogens is 320 g/mol. The molecule has 4 nitrogen and oxygen atoms in total. The third-order valence-electron chi connectivity index (χ3n) is 4.77. The van der Waals surface area contributed by atoms with Gasteiger partial charge in [0.05, 0.1) is 18.3 Å². The summed E-state index contributed by atoms with van der Waals surface area (Å²) in [5.41, 5.74) is 1.20. The second-order valence-corrected chi connectivity index (χ2v) is 9.62. The molecule has 0 aliphatic carbocycles. The third kappa shape index (κ3) is 3.58. The zero-order chi connectivity index (χ0) is 18.1. The highest BCUT2D eigenvalue weighted by Crippen LogP contribution is 2.54. The van der Waals surface area contributed by atoms with E-state index < -0.39 is 9.04 Å². The van der Waals surface area contributed by atoms with Crippen LogP contribution >= 0.6 is 0 Å². The number of ether oxygens (including phenoxy) is 2. The Hall–Kier alpha value is -1.17. The van der Waals surface area contributed by atoms with Gasteiger partial charge in [-0.1, -0.05) is 39.8 Å². The largest absolute Gasteiger partial charge is 0.465 e. The van der Waals surface area contributed by atoms with Gasteiger partial charge in [-0.2, -0.15) is 0 Å². The third-order valence-corrected chi connectivity index (χ3v) is 5.54. The van der Waals surface area contributed by atoms with Crippen molar-refractivity contribution in [3.05, 3.63) is 35.4 Å². The van der Waals surface area contributed by atoms with Gasteiger partial charge in [0.25, 0.3) is 0 Å². The monoisotopic (exact) mass is 349 g/mol. The van der Waals surface area contributed by atoms with Crippen LogP contribution in [0.15, 0.2) is 24.3 Å². The molecule has 0 aromatic heterocycles. The molecule has 0 saturated carbocycles. The highest BCUT2D eigenvalue weighted by Gasteiger charge is 2.60. The Morgan fingerprint density at radius 1 is 1.29 bits per heavy atom. The van der Waals surface area contributed by atoms with E-state index in [0.29, 0.717) is 5.56 Å². The number of carbonyl (C=O) groups excluding carboxylic acids is 1. The van der Waals surface area contributed by atoms with Crippen LogP contribution in [0, 0.1) is 5.41 Å². The first-order valence-corrected chi connectivity index (χ1v) is 10.9. The summed E-state index contributed by atoms with van der Waals surface area (Å²) in [6.45, 7) is 13.1. The molecule has 1 aliphatic heterocycles. The second-order valence-electron chi connectivity index (χ2n) is 7.60. The first kappa shape index (κ1) is 19.2. The maximum Gasteiger partial charge on any atom is 0.337 e. The summed E-state index contributed by atoms with van der Waals surface area (Å²) in [6, 6.07) is 7.51. The van der Waals surface area contributed by atoms with Crippen LogP contribution < -0.4 is 0 Å². The van der Waals surface area contributed by atoms with Crippen molar-refractivity contribution in [2.75, 3.05) is 7.11 Å². The zero-order valence-corrected chi connectivity index (χ0v) is 16.8. The Bertz CT molecular complexity index is 593. The van der Waals surface area contributed by atoms with Gasteiger partial charge in [-0.05, 0) is 42.6 Å². The minimum atomic E-state index is -0.874.